The van der Waals surface area contributed by atoms with Gasteiger partial charge in [0.05, 0.1) is 22.2 Å². The van der Waals surface area contributed by atoms with Gasteiger partial charge >= 0.3 is 0 Å². The molecule has 4 aromatic rings. The van der Waals surface area contributed by atoms with Crippen molar-refractivity contribution < 1.29 is 14.1 Å². The minimum absolute atomic E-state index is 0.0792. The number of hydrogen-bond donors (Lipinski definition) is 1. The fourth-order valence-corrected chi connectivity index (χ4v) is 2.62. The standard InChI is InChI=1S/C19H12N4O4/c24-18(12-7-9-20-10-8-12)21-15-4-2-1-3-14(15)19-22-16-6-5-13(23(25)26)11-17(16)27-19/h1-11H,(H,21,24). The van der Waals surface area contributed by atoms with E-state index in [-0.39, 0.29) is 17.5 Å². The summed E-state index contributed by atoms with van der Waals surface area (Å²) in [4.78, 5) is 31.1. The van der Waals surface area contributed by atoms with Crippen LogP contribution in [0.15, 0.2) is 71.4 Å². The van der Waals surface area contributed by atoms with Crippen molar-refractivity contribution in [2.24, 2.45) is 0 Å². The van der Waals surface area contributed by atoms with Gasteiger partial charge < -0.3 is 9.73 Å². The number of non-ortho nitro benzene ring substituents is 1. The van der Waals surface area contributed by atoms with E-state index in [1.54, 1.807) is 36.4 Å². The SMILES string of the molecule is O=C(Nc1ccccc1-c1nc2ccc([N+](=O)[O-])cc2o1)c1ccncc1. The third kappa shape index (κ3) is 3.23. The molecule has 0 aliphatic carbocycles. The van der Waals surface area contributed by atoms with Crippen LogP contribution < -0.4 is 5.32 Å². The predicted molar refractivity (Wildman–Crippen MR) is 98.3 cm³/mol. The lowest BCUT2D eigenvalue weighted by molar-refractivity contribution is -0.384. The molecule has 132 valence electrons. The Labute approximate surface area is 152 Å². The molecule has 2 aromatic carbocycles. The van der Waals surface area contributed by atoms with Crippen molar-refractivity contribution in [2.45, 2.75) is 0 Å². The van der Waals surface area contributed by atoms with Crippen molar-refractivity contribution in [3.05, 3.63) is 82.7 Å². The van der Waals surface area contributed by atoms with E-state index in [9.17, 15) is 14.9 Å². The van der Waals surface area contributed by atoms with Crippen LogP contribution in [0, 0.1) is 10.1 Å². The van der Waals surface area contributed by atoms with Gasteiger partial charge in [0.2, 0.25) is 5.89 Å². The van der Waals surface area contributed by atoms with Crippen LogP contribution in [0.2, 0.25) is 0 Å². The lowest BCUT2D eigenvalue weighted by Crippen LogP contribution is -2.12. The molecule has 0 radical (unpaired) electrons. The molecule has 27 heavy (non-hydrogen) atoms. The molecular weight excluding hydrogens is 348 g/mol. The Morgan fingerprint density at radius 1 is 1.07 bits per heavy atom. The Morgan fingerprint density at radius 2 is 1.85 bits per heavy atom. The van der Waals surface area contributed by atoms with Crippen molar-refractivity contribution in [2.75, 3.05) is 5.32 Å². The summed E-state index contributed by atoms with van der Waals surface area (Å²) >= 11 is 0. The zero-order valence-electron chi connectivity index (χ0n) is 13.8. The summed E-state index contributed by atoms with van der Waals surface area (Å²) < 4.78 is 5.70. The molecule has 8 heteroatoms. The van der Waals surface area contributed by atoms with Gasteiger partial charge in [0, 0.05) is 24.0 Å². The van der Waals surface area contributed by atoms with Crippen LogP contribution in [0.1, 0.15) is 10.4 Å². The number of nitrogens with zero attached hydrogens (tertiary/aromatic N) is 3. The number of rotatable bonds is 4. The van der Waals surface area contributed by atoms with Gasteiger partial charge in [0.25, 0.3) is 11.6 Å². The van der Waals surface area contributed by atoms with Gasteiger partial charge in [-0.25, -0.2) is 4.98 Å². The molecule has 1 N–H and O–H groups in total. The first-order chi connectivity index (χ1) is 13.1. The van der Waals surface area contributed by atoms with Crippen LogP contribution >= 0.6 is 0 Å². The number of para-hydroxylation sites is 1. The maximum atomic E-state index is 12.4. The molecule has 0 saturated heterocycles. The number of carbonyl (C=O) groups excluding carboxylic acids is 1. The molecule has 4 rings (SSSR count). The van der Waals surface area contributed by atoms with Gasteiger partial charge in [0.1, 0.15) is 5.52 Å². The van der Waals surface area contributed by atoms with E-state index in [1.165, 1.54) is 30.6 Å². The van der Waals surface area contributed by atoms with Crippen LogP contribution in [0.25, 0.3) is 22.6 Å². The number of aromatic nitrogens is 2. The summed E-state index contributed by atoms with van der Waals surface area (Å²) in [5.41, 5.74) is 2.26. The maximum Gasteiger partial charge on any atom is 0.273 e. The monoisotopic (exact) mass is 360 g/mol. The fraction of sp³-hybridized carbons (Fsp3) is 0. The van der Waals surface area contributed by atoms with E-state index in [0.29, 0.717) is 27.9 Å². The highest BCUT2D eigenvalue weighted by molar-refractivity contribution is 6.06. The van der Waals surface area contributed by atoms with Crippen LogP contribution in [-0.4, -0.2) is 20.8 Å². The number of nitrogens with one attached hydrogen (secondary N) is 1. The zero-order valence-corrected chi connectivity index (χ0v) is 13.8. The summed E-state index contributed by atoms with van der Waals surface area (Å²) in [6.07, 6.45) is 3.07. The third-order valence-electron chi connectivity index (χ3n) is 3.93. The molecule has 0 bridgehead atoms. The van der Waals surface area contributed by atoms with Crippen molar-refractivity contribution in [3.63, 3.8) is 0 Å². The Kier molecular flexibility index (Phi) is 4.06. The van der Waals surface area contributed by atoms with Crippen LogP contribution in [-0.2, 0) is 0 Å². The fourth-order valence-electron chi connectivity index (χ4n) is 2.62. The highest BCUT2D eigenvalue weighted by Gasteiger charge is 2.16. The average Bonchev–Trinajstić information content (AvgIpc) is 3.12. The molecule has 2 aromatic heterocycles. The molecule has 8 nitrogen and oxygen atoms in total. The van der Waals surface area contributed by atoms with Crippen molar-refractivity contribution in [3.8, 4) is 11.5 Å². The van der Waals surface area contributed by atoms with Gasteiger partial charge in [-0.05, 0) is 30.3 Å². The number of pyridine rings is 1. The number of anilines is 1. The Morgan fingerprint density at radius 3 is 2.63 bits per heavy atom. The second-order valence-electron chi connectivity index (χ2n) is 5.66. The van der Waals surface area contributed by atoms with Gasteiger partial charge in [-0.15, -0.1) is 0 Å². The number of nitro groups is 1. The molecule has 0 unspecified atom stereocenters. The minimum atomic E-state index is -0.496. The number of amides is 1. The number of oxazole rings is 1. The normalized spacial score (nSPS) is 10.7. The number of hydrogen-bond acceptors (Lipinski definition) is 6. The number of nitro benzene ring substituents is 1. The second-order valence-corrected chi connectivity index (χ2v) is 5.66. The number of benzene rings is 2. The largest absolute Gasteiger partial charge is 0.436 e. The summed E-state index contributed by atoms with van der Waals surface area (Å²) in [6, 6.07) is 14.5. The topological polar surface area (TPSA) is 111 Å². The maximum absolute atomic E-state index is 12.4. The van der Waals surface area contributed by atoms with E-state index in [0.717, 1.165) is 0 Å². The van der Waals surface area contributed by atoms with Crippen molar-refractivity contribution in [1.29, 1.82) is 0 Å². The zero-order chi connectivity index (χ0) is 18.8. The van der Waals surface area contributed by atoms with Gasteiger partial charge in [0.15, 0.2) is 5.58 Å². The number of fused-ring (bicyclic) bond motifs is 1. The molecule has 0 atom stereocenters. The summed E-state index contributed by atoms with van der Waals surface area (Å²) in [5, 5.41) is 13.7. The molecule has 1 amide bonds. The van der Waals surface area contributed by atoms with E-state index in [4.69, 9.17) is 4.42 Å². The Hall–Kier alpha value is -4.07. The second kappa shape index (κ2) is 6.68. The highest BCUT2D eigenvalue weighted by Crippen LogP contribution is 2.31. The minimum Gasteiger partial charge on any atom is -0.436 e. The van der Waals surface area contributed by atoms with Crippen LogP contribution in [0.5, 0.6) is 0 Å². The van der Waals surface area contributed by atoms with E-state index in [1.807, 2.05) is 0 Å². The van der Waals surface area contributed by atoms with Gasteiger partial charge in [-0.2, -0.15) is 0 Å². The Bertz CT molecular complexity index is 1150. The third-order valence-corrected chi connectivity index (χ3v) is 3.93. The summed E-state index contributed by atoms with van der Waals surface area (Å²) in [5.74, 6) is -0.0345. The quantitative estimate of drug-likeness (QED) is 0.434. The lowest BCUT2D eigenvalue weighted by Gasteiger charge is -2.08. The summed E-state index contributed by atoms with van der Waals surface area (Å²) in [7, 11) is 0. The van der Waals surface area contributed by atoms with Crippen molar-refractivity contribution >= 4 is 28.4 Å². The first-order valence-electron chi connectivity index (χ1n) is 7.97. The van der Waals surface area contributed by atoms with E-state index < -0.39 is 4.92 Å². The average molecular weight is 360 g/mol. The van der Waals surface area contributed by atoms with Crippen molar-refractivity contribution in [1.82, 2.24) is 9.97 Å². The lowest BCUT2D eigenvalue weighted by atomic mass is 10.1. The van der Waals surface area contributed by atoms with Crippen LogP contribution in [0.3, 0.4) is 0 Å². The molecule has 0 aliphatic heterocycles. The molecule has 0 saturated carbocycles. The number of carbonyl (C=O) groups is 1. The summed E-state index contributed by atoms with van der Waals surface area (Å²) in [6.45, 7) is 0. The Balaban J connectivity index is 1.71. The first-order valence-corrected chi connectivity index (χ1v) is 7.97. The van der Waals surface area contributed by atoms with E-state index in [2.05, 4.69) is 15.3 Å². The predicted octanol–water partition coefficient (Wildman–Crippen LogP) is 4.05. The molecule has 2 heterocycles. The van der Waals surface area contributed by atoms with Crippen LogP contribution in [0.4, 0.5) is 11.4 Å². The molecule has 0 aliphatic rings. The van der Waals surface area contributed by atoms with E-state index >= 15 is 0 Å². The smallest absolute Gasteiger partial charge is 0.273 e. The first kappa shape index (κ1) is 16.4. The van der Waals surface area contributed by atoms with Gasteiger partial charge in [-0.1, -0.05) is 12.1 Å². The molecule has 0 spiro atoms. The highest BCUT2D eigenvalue weighted by atomic mass is 16.6. The van der Waals surface area contributed by atoms with Gasteiger partial charge in [-0.3, -0.25) is 19.9 Å². The molecular formula is C19H12N4O4. The molecule has 0 fully saturated rings.